The first-order valence-electron chi connectivity index (χ1n) is 4.76. The maximum absolute atomic E-state index is 12.0. The predicted octanol–water partition coefficient (Wildman–Crippen LogP) is 2.57. The van der Waals surface area contributed by atoms with E-state index in [0.29, 0.717) is 0 Å². The summed E-state index contributed by atoms with van der Waals surface area (Å²) in [6, 6.07) is 0. The Morgan fingerprint density at radius 2 is 1.85 bits per heavy atom. The van der Waals surface area contributed by atoms with Crippen molar-refractivity contribution in [2.45, 2.75) is 32.4 Å². The van der Waals surface area contributed by atoms with Gasteiger partial charge in [-0.25, -0.2) is 0 Å². The van der Waals surface area contributed by atoms with Crippen LogP contribution in [0.25, 0.3) is 0 Å². The lowest BCUT2D eigenvalue weighted by Crippen LogP contribution is -2.32. The summed E-state index contributed by atoms with van der Waals surface area (Å²) in [6.45, 7) is 3.45. The van der Waals surface area contributed by atoms with Crippen LogP contribution in [0.2, 0.25) is 0 Å². The summed E-state index contributed by atoms with van der Waals surface area (Å²) in [7, 11) is 0. The Labute approximate surface area is 76.7 Å². The second-order valence-electron chi connectivity index (χ2n) is 3.88. The molecule has 0 aromatic heterocycles. The number of rotatable bonds is 2. The molecule has 0 aromatic carbocycles. The zero-order chi connectivity index (χ0) is 9.90. The van der Waals surface area contributed by atoms with E-state index in [1.165, 1.54) is 0 Å². The molecule has 0 saturated carbocycles. The van der Waals surface area contributed by atoms with Gasteiger partial charge in [0.2, 0.25) is 0 Å². The second-order valence-corrected chi connectivity index (χ2v) is 3.88. The fourth-order valence-electron chi connectivity index (χ4n) is 1.95. The molecule has 1 aliphatic rings. The van der Waals surface area contributed by atoms with Crippen molar-refractivity contribution in [1.29, 1.82) is 0 Å². The molecule has 0 aromatic rings. The van der Waals surface area contributed by atoms with E-state index >= 15 is 0 Å². The molecular formula is C9H16F3N. The molecule has 0 amide bonds. The summed E-state index contributed by atoms with van der Waals surface area (Å²) in [5.74, 6) is 0.0324. The van der Waals surface area contributed by atoms with Gasteiger partial charge in [0.1, 0.15) is 0 Å². The van der Waals surface area contributed by atoms with Crippen LogP contribution >= 0.6 is 0 Å². The SMILES string of the molecule is CC(CC(F)(F)F)C1CCNCC1. The van der Waals surface area contributed by atoms with Crippen LogP contribution in [0.1, 0.15) is 26.2 Å². The largest absolute Gasteiger partial charge is 0.389 e. The average molecular weight is 195 g/mol. The molecule has 1 rings (SSSR count). The number of hydrogen-bond donors (Lipinski definition) is 1. The quantitative estimate of drug-likeness (QED) is 0.714. The van der Waals surface area contributed by atoms with Gasteiger partial charge in [-0.3, -0.25) is 0 Å². The first-order chi connectivity index (χ1) is 5.99. The zero-order valence-corrected chi connectivity index (χ0v) is 7.82. The van der Waals surface area contributed by atoms with E-state index in [-0.39, 0.29) is 11.8 Å². The number of nitrogens with one attached hydrogen (secondary N) is 1. The molecule has 1 fully saturated rings. The van der Waals surface area contributed by atoms with Gasteiger partial charge in [-0.05, 0) is 37.8 Å². The Bertz CT molecular complexity index is 149. The van der Waals surface area contributed by atoms with Crippen LogP contribution in [0.3, 0.4) is 0 Å². The third kappa shape index (κ3) is 3.98. The van der Waals surface area contributed by atoms with E-state index in [2.05, 4.69) is 5.32 Å². The standard InChI is InChI=1S/C9H16F3N/c1-7(6-9(10,11)12)8-2-4-13-5-3-8/h7-8,13H,2-6H2,1H3. The van der Waals surface area contributed by atoms with Crippen molar-refractivity contribution in [1.82, 2.24) is 5.32 Å². The Morgan fingerprint density at radius 3 is 2.31 bits per heavy atom. The Morgan fingerprint density at radius 1 is 1.31 bits per heavy atom. The van der Waals surface area contributed by atoms with E-state index in [1.54, 1.807) is 6.92 Å². The van der Waals surface area contributed by atoms with Gasteiger partial charge in [-0.15, -0.1) is 0 Å². The first-order valence-corrected chi connectivity index (χ1v) is 4.76. The molecule has 1 heterocycles. The summed E-state index contributed by atoms with van der Waals surface area (Å²) < 4.78 is 36.1. The third-order valence-electron chi connectivity index (χ3n) is 2.74. The van der Waals surface area contributed by atoms with Crippen LogP contribution in [0, 0.1) is 11.8 Å². The van der Waals surface area contributed by atoms with Gasteiger partial charge >= 0.3 is 6.18 Å². The summed E-state index contributed by atoms with van der Waals surface area (Å²) in [5.41, 5.74) is 0. The summed E-state index contributed by atoms with van der Waals surface area (Å²) >= 11 is 0. The highest BCUT2D eigenvalue weighted by atomic mass is 19.4. The van der Waals surface area contributed by atoms with Crippen molar-refractivity contribution in [2.75, 3.05) is 13.1 Å². The Balaban J connectivity index is 2.33. The van der Waals surface area contributed by atoms with Crippen molar-refractivity contribution < 1.29 is 13.2 Å². The fourth-order valence-corrected chi connectivity index (χ4v) is 1.95. The van der Waals surface area contributed by atoms with Crippen LogP contribution in [-0.2, 0) is 0 Å². The van der Waals surface area contributed by atoms with Crippen molar-refractivity contribution in [3.8, 4) is 0 Å². The minimum Gasteiger partial charge on any atom is -0.317 e. The highest BCUT2D eigenvalue weighted by molar-refractivity contribution is 4.74. The molecule has 0 bridgehead atoms. The molecule has 1 unspecified atom stereocenters. The molecule has 13 heavy (non-hydrogen) atoms. The summed E-state index contributed by atoms with van der Waals surface area (Å²) in [4.78, 5) is 0. The molecule has 1 atom stereocenters. The summed E-state index contributed by atoms with van der Waals surface area (Å²) in [5, 5.41) is 3.15. The fraction of sp³-hybridized carbons (Fsp3) is 1.00. The molecule has 1 saturated heterocycles. The summed E-state index contributed by atoms with van der Waals surface area (Å²) in [6.07, 6.45) is -2.85. The molecule has 0 spiro atoms. The van der Waals surface area contributed by atoms with E-state index in [0.717, 1.165) is 25.9 Å². The molecular weight excluding hydrogens is 179 g/mol. The van der Waals surface area contributed by atoms with Crippen LogP contribution < -0.4 is 5.32 Å². The predicted molar refractivity (Wildman–Crippen MR) is 45.4 cm³/mol. The van der Waals surface area contributed by atoms with Crippen LogP contribution in [0.5, 0.6) is 0 Å². The smallest absolute Gasteiger partial charge is 0.317 e. The molecule has 78 valence electrons. The van der Waals surface area contributed by atoms with Gasteiger partial charge in [-0.1, -0.05) is 6.92 Å². The van der Waals surface area contributed by atoms with Crippen molar-refractivity contribution in [3.05, 3.63) is 0 Å². The van der Waals surface area contributed by atoms with Gasteiger partial charge in [0.15, 0.2) is 0 Å². The minimum atomic E-state index is -4.00. The number of hydrogen-bond acceptors (Lipinski definition) is 1. The van der Waals surface area contributed by atoms with Gasteiger partial charge in [-0.2, -0.15) is 13.2 Å². The molecule has 1 N–H and O–H groups in total. The molecule has 1 aliphatic heterocycles. The maximum atomic E-state index is 12.0. The topological polar surface area (TPSA) is 12.0 Å². The van der Waals surface area contributed by atoms with Crippen LogP contribution in [0.4, 0.5) is 13.2 Å². The van der Waals surface area contributed by atoms with Crippen molar-refractivity contribution >= 4 is 0 Å². The lowest BCUT2D eigenvalue weighted by molar-refractivity contribution is -0.147. The molecule has 1 nitrogen and oxygen atoms in total. The zero-order valence-electron chi connectivity index (χ0n) is 7.82. The normalized spacial score (nSPS) is 23.1. The lowest BCUT2D eigenvalue weighted by atomic mass is 9.84. The monoisotopic (exact) mass is 195 g/mol. The second kappa shape index (κ2) is 4.31. The van der Waals surface area contributed by atoms with Gasteiger partial charge in [0.05, 0.1) is 0 Å². The minimum absolute atomic E-state index is 0.220. The maximum Gasteiger partial charge on any atom is 0.389 e. The molecule has 0 radical (unpaired) electrons. The third-order valence-corrected chi connectivity index (χ3v) is 2.74. The molecule has 4 heteroatoms. The number of piperidine rings is 1. The van der Waals surface area contributed by atoms with E-state index < -0.39 is 12.6 Å². The van der Waals surface area contributed by atoms with Gasteiger partial charge in [0.25, 0.3) is 0 Å². The van der Waals surface area contributed by atoms with Gasteiger partial charge in [0, 0.05) is 6.42 Å². The average Bonchev–Trinajstić information content (AvgIpc) is 2.03. The molecule has 0 aliphatic carbocycles. The van der Waals surface area contributed by atoms with Crippen molar-refractivity contribution in [3.63, 3.8) is 0 Å². The van der Waals surface area contributed by atoms with E-state index in [4.69, 9.17) is 0 Å². The van der Waals surface area contributed by atoms with E-state index in [9.17, 15) is 13.2 Å². The lowest BCUT2D eigenvalue weighted by Gasteiger charge is -2.28. The first kappa shape index (κ1) is 10.8. The Kier molecular flexibility index (Phi) is 3.59. The van der Waals surface area contributed by atoms with Crippen LogP contribution in [-0.4, -0.2) is 19.3 Å². The Hall–Kier alpha value is -0.250. The highest BCUT2D eigenvalue weighted by Crippen LogP contribution is 2.32. The van der Waals surface area contributed by atoms with Crippen LogP contribution in [0.15, 0.2) is 0 Å². The van der Waals surface area contributed by atoms with Gasteiger partial charge < -0.3 is 5.32 Å². The number of halogens is 3. The highest BCUT2D eigenvalue weighted by Gasteiger charge is 2.33. The van der Waals surface area contributed by atoms with Crippen molar-refractivity contribution in [2.24, 2.45) is 11.8 Å². The number of alkyl halides is 3. The van der Waals surface area contributed by atoms with E-state index in [1.807, 2.05) is 0 Å².